The first-order valence-corrected chi connectivity index (χ1v) is 14.9. The molecule has 1 aromatic carbocycles. The highest BCUT2D eigenvalue weighted by atomic mass is 32.1. The Labute approximate surface area is 243 Å². The van der Waals surface area contributed by atoms with E-state index in [0.717, 1.165) is 31.2 Å². The van der Waals surface area contributed by atoms with Crippen molar-refractivity contribution in [3.05, 3.63) is 34.9 Å². The molecule has 0 saturated carbocycles. The predicted octanol–water partition coefficient (Wildman–Crippen LogP) is 4.72. The Kier molecular flexibility index (Phi) is 9.27. The average molecular weight is 572 g/mol. The van der Waals surface area contributed by atoms with Gasteiger partial charge in [-0.3, -0.25) is 15.5 Å². The zero-order valence-electron chi connectivity index (χ0n) is 24.9. The first-order valence-electron chi connectivity index (χ1n) is 14.5. The summed E-state index contributed by atoms with van der Waals surface area (Å²) in [6, 6.07) is 7.14. The summed E-state index contributed by atoms with van der Waals surface area (Å²) in [7, 11) is 0. The Morgan fingerprint density at radius 2 is 1.70 bits per heavy atom. The van der Waals surface area contributed by atoms with Crippen molar-refractivity contribution in [2.24, 2.45) is 22.4 Å². The normalized spacial score (nSPS) is 24.4. The number of thiocarbonyl (C=S) groups is 1. The average Bonchev–Trinajstić information content (AvgIpc) is 3.58. The number of aryl methyl sites for hydroxylation is 2. The van der Waals surface area contributed by atoms with E-state index in [-0.39, 0.29) is 41.6 Å². The molecule has 3 atom stereocenters. The third kappa shape index (κ3) is 6.87. The number of nitrogens with zero attached hydrogens (tertiary/aromatic N) is 2. The molecule has 2 fully saturated rings. The molecule has 0 radical (unpaired) electrons. The number of hydrazone groups is 1. The standard InChI is InChI=1S/C30H45N5O4S/c1-17(2)39-29(37)32-28(40)31-15-20(5)24-25(21-13-18(3)12-19(4)14-21)33-34-26(24)38-16-30(6,7)27(36)35-22-8-9-23(35)11-10-22/h12-14,17,20,22-25,33H,8-11,15-16H2,1-7H3,(H2,31,32,37,40)/t20-,22?,23?,24?,25?/m1/s1. The summed E-state index contributed by atoms with van der Waals surface area (Å²) in [5.41, 5.74) is 6.13. The van der Waals surface area contributed by atoms with Crippen molar-refractivity contribution in [2.45, 2.75) is 98.4 Å². The molecule has 0 spiro atoms. The van der Waals surface area contributed by atoms with Gasteiger partial charge in [-0.15, -0.1) is 5.10 Å². The maximum absolute atomic E-state index is 13.6. The zero-order chi connectivity index (χ0) is 29.2. The number of alkyl carbamates (subject to hydrolysis) is 1. The van der Waals surface area contributed by atoms with Crippen LogP contribution in [0.25, 0.3) is 0 Å². The number of ether oxygens (including phenoxy) is 2. The van der Waals surface area contributed by atoms with E-state index in [2.05, 4.69) is 65.0 Å². The van der Waals surface area contributed by atoms with Gasteiger partial charge in [0.15, 0.2) is 5.11 Å². The van der Waals surface area contributed by atoms with Crippen molar-refractivity contribution in [1.29, 1.82) is 0 Å². The first kappa shape index (κ1) is 30.1. The fraction of sp³-hybridized carbons (Fsp3) is 0.667. The lowest BCUT2D eigenvalue weighted by Gasteiger charge is -2.33. The molecular formula is C30H45N5O4S. The van der Waals surface area contributed by atoms with E-state index in [1.807, 2.05) is 13.8 Å². The molecule has 3 heterocycles. The van der Waals surface area contributed by atoms with Crippen molar-refractivity contribution in [2.75, 3.05) is 13.2 Å². The van der Waals surface area contributed by atoms with Crippen molar-refractivity contribution in [1.82, 2.24) is 21.0 Å². The van der Waals surface area contributed by atoms with Gasteiger partial charge < -0.3 is 19.7 Å². The largest absolute Gasteiger partial charge is 0.478 e. The molecule has 3 aliphatic rings. The van der Waals surface area contributed by atoms with Crippen LogP contribution in [0.3, 0.4) is 0 Å². The molecular weight excluding hydrogens is 526 g/mol. The number of rotatable bonds is 8. The number of nitrogens with one attached hydrogen (secondary N) is 3. The van der Waals surface area contributed by atoms with Crippen molar-refractivity contribution in [3.8, 4) is 0 Å². The third-order valence-electron chi connectivity index (χ3n) is 8.16. The molecule has 0 aliphatic carbocycles. The van der Waals surface area contributed by atoms with Crippen LogP contribution in [0.5, 0.6) is 0 Å². The van der Waals surface area contributed by atoms with Gasteiger partial charge >= 0.3 is 6.09 Å². The van der Waals surface area contributed by atoms with Gasteiger partial charge in [0.1, 0.15) is 6.61 Å². The van der Waals surface area contributed by atoms with Gasteiger partial charge in [-0.1, -0.05) is 36.2 Å². The molecule has 2 amide bonds. The molecule has 40 heavy (non-hydrogen) atoms. The van der Waals surface area contributed by atoms with Crippen molar-refractivity contribution in [3.63, 3.8) is 0 Å². The molecule has 0 aromatic heterocycles. The number of amides is 2. The van der Waals surface area contributed by atoms with Gasteiger partial charge in [0, 0.05) is 18.6 Å². The smallest absolute Gasteiger partial charge is 0.413 e. The Morgan fingerprint density at radius 3 is 2.27 bits per heavy atom. The van der Waals surface area contributed by atoms with Crippen molar-refractivity contribution >= 4 is 35.2 Å². The highest BCUT2D eigenvalue weighted by Crippen LogP contribution is 2.41. The number of benzene rings is 1. The first-order chi connectivity index (χ1) is 18.9. The quantitative estimate of drug-likeness (QED) is 0.388. The molecule has 3 aliphatic heterocycles. The molecule has 2 unspecified atom stereocenters. The highest BCUT2D eigenvalue weighted by molar-refractivity contribution is 7.80. The maximum Gasteiger partial charge on any atom is 0.413 e. The van der Waals surface area contributed by atoms with Crippen LogP contribution in [0, 0.1) is 31.1 Å². The predicted molar refractivity (Wildman–Crippen MR) is 160 cm³/mol. The third-order valence-corrected chi connectivity index (χ3v) is 8.41. The summed E-state index contributed by atoms with van der Waals surface area (Å²) in [6.45, 7) is 14.5. The lowest BCUT2D eigenvalue weighted by Crippen LogP contribution is -2.46. The molecule has 10 heteroatoms. The van der Waals surface area contributed by atoms with Crippen LogP contribution < -0.4 is 16.1 Å². The monoisotopic (exact) mass is 571 g/mol. The number of fused-ring (bicyclic) bond motifs is 2. The van der Waals surface area contributed by atoms with Crippen LogP contribution >= 0.6 is 12.2 Å². The highest BCUT2D eigenvalue weighted by Gasteiger charge is 2.47. The molecule has 220 valence electrons. The summed E-state index contributed by atoms with van der Waals surface area (Å²) in [4.78, 5) is 27.6. The van der Waals surface area contributed by atoms with Gasteiger partial charge in [0.05, 0.1) is 23.5 Å². The van der Waals surface area contributed by atoms with Crippen LogP contribution in [0.2, 0.25) is 0 Å². The fourth-order valence-electron chi connectivity index (χ4n) is 6.27. The summed E-state index contributed by atoms with van der Waals surface area (Å²) in [5, 5.41) is 10.5. The van der Waals surface area contributed by atoms with E-state index in [9.17, 15) is 9.59 Å². The van der Waals surface area contributed by atoms with Gasteiger partial charge in [-0.2, -0.15) is 0 Å². The minimum atomic E-state index is -0.667. The number of carbonyl (C=O) groups is 2. The van der Waals surface area contributed by atoms with Crippen LogP contribution in [-0.4, -0.2) is 59.2 Å². The molecule has 3 N–H and O–H groups in total. The van der Waals surface area contributed by atoms with E-state index in [4.69, 9.17) is 21.7 Å². The molecule has 1 aromatic rings. The Balaban J connectivity index is 1.45. The Bertz CT molecular complexity index is 1110. The summed E-state index contributed by atoms with van der Waals surface area (Å²) < 4.78 is 11.5. The van der Waals surface area contributed by atoms with Crippen LogP contribution in [0.4, 0.5) is 4.79 Å². The second kappa shape index (κ2) is 12.3. The Hall–Kier alpha value is -2.88. The maximum atomic E-state index is 13.6. The van der Waals surface area contributed by atoms with Gasteiger partial charge in [0.2, 0.25) is 11.8 Å². The van der Waals surface area contributed by atoms with E-state index in [1.54, 1.807) is 13.8 Å². The molecule has 4 rings (SSSR count). The van der Waals surface area contributed by atoms with E-state index < -0.39 is 11.5 Å². The SMILES string of the molecule is Cc1cc(C)cc(C2NN=C(OCC(C)(C)C(=O)N3C4CCC3CC4)C2[C@H](C)CNC(=S)NC(=O)OC(C)C)c1. The summed E-state index contributed by atoms with van der Waals surface area (Å²) >= 11 is 5.33. The van der Waals surface area contributed by atoms with E-state index in [0.29, 0.717) is 24.5 Å². The van der Waals surface area contributed by atoms with E-state index >= 15 is 0 Å². The number of hydrogen-bond donors (Lipinski definition) is 3. The fourth-order valence-corrected chi connectivity index (χ4v) is 6.44. The lowest BCUT2D eigenvalue weighted by molar-refractivity contribution is -0.143. The Morgan fingerprint density at radius 1 is 1.10 bits per heavy atom. The molecule has 2 saturated heterocycles. The minimum absolute atomic E-state index is 0.0219. The second-order valence-corrected chi connectivity index (χ2v) is 13.0. The second-order valence-electron chi connectivity index (χ2n) is 12.6. The topological polar surface area (TPSA) is 104 Å². The van der Waals surface area contributed by atoms with Gasteiger partial charge in [-0.25, -0.2) is 4.79 Å². The van der Waals surface area contributed by atoms with Gasteiger partial charge in [-0.05, 0) is 90.9 Å². The number of carbonyl (C=O) groups excluding carboxylic acids is 2. The summed E-state index contributed by atoms with van der Waals surface area (Å²) in [5.74, 6) is 0.661. The molecule has 2 bridgehead atoms. The van der Waals surface area contributed by atoms with Crippen LogP contribution in [0.1, 0.15) is 83.0 Å². The van der Waals surface area contributed by atoms with Gasteiger partial charge in [0.25, 0.3) is 0 Å². The lowest BCUT2D eigenvalue weighted by atomic mass is 9.83. The van der Waals surface area contributed by atoms with Crippen molar-refractivity contribution < 1.29 is 19.1 Å². The van der Waals surface area contributed by atoms with E-state index in [1.165, 1.54) is 11.1 Å². The van der Waals surface area contributed by atoms with Crippen LogP contribution in [0.15, 0.2) is 23.3 Å². The number of hydrogen-bond acceptors (Lipinski definition) is 7. The molecule has 9 nitrogen and oxygen atoms in total. The summed E-state index contributed by atoms with van der Waals surface area (Å²) in [6.07, 6.45) is 3.62. The zero-order valence-corrected chi connectivity index (χ0v) is 25.7. The van der Waals surface area contributed by atoms with Crippen LogP contribution in [-0.2, 0) is 14.3 Å². The minimum Gasteiger partial charge on any atom is -0.478 e.